The van der Waals surface area contributed by atoms with E-state index in [1.54, 1.807) is 7.11 Å². The van der Waals surface area contributed by atoms with Gasteiger partial charge in [-0.1, -0.05) is 31.5 Å². The van der Waals surface area contributed by atoms with E-state index in [1.165, 1.54) is 0 Å². The number of hydrogen-bond donors (Lipinski definition) is 1. The number of anilines is 1. The first kappa shape index (κ1) is 21.3. The lowest BCUT2D eigenvalue weighted by Crippen LogP contribution is -2.34. The maximum atomic E-state index is 5.95. The minimum Gasteiger partial charge on any atom is -0.493 e. The van der Waals surface area contributed by atoms with E-state index in [9.17, 15) is 0 Å². The molecule has 0 amide bonds. The first-order chi connectivity index (χ1) is 13.1. The fourth-order valence-corrected chi connectivity index (χ4v) is 3.02. The highest BCUT2D eigenvalue weighted by molar-refractivity contribution is 7.80. The van der Waals surface area contributed by atoms with Gasteiger partial charge in [-0.25, -0.2) is 0 Å². The van der Waals surface area contributed by atoms with Crippen LogP contribution in [0.4, 0.5) is 5.69 Å². The smallest absolute Gasteiger partial charge is 0.173 e. The molecule has 0 radical (unpaired) electrons. The number of thiocarbonyl (C=S) groups is 1. The number of halogens is 1. The van der Waals surface area contributed by atoms with Gasteiger partial charge in [0.1, 0.15) is 0 Å². The molecule has 146 valence electrons. The monoisotopic (exact) mass is 406 g/mol. The summed E-state index contributed by atoms with van der Waals surface area (Å²) in [4.78, 5) is 2.14. The SMILES string of the molecule is CCCOc1ccc(CN(CCC)C(=S)Nc2ccc(Cl)cc2)cc1OC. The van der Waals surface area contributed by atoms with Gasteiger partial charge in [0.2, 0.25) is 0 Å². The average Bonchev–Trinajstić information content (AvgIpc) is 2.68. The van der Waals surface area contributed by atoms with Gasteiger partial charge < -0.3 is 19.7 Å². The van der Waals surface area contributed by atoms with Crippen molar-refractivity contribution in [2.75, 3.05) is 25.6 Å². The Morgan fingerprint density at radius 1 is 1.07 bits per heavy atom. The van der Waals surface area contributed by atoms with Crippen LogP contribution < -0.4 is 14.8 Å². The van der Waals surface area contributed by atoms with Gasteiger partial charge in [-0.3, -0.25) is 0 Å². The van der Waals surface area contributed by atoms with Crippen molar-refractivity contribution >= 4 is 34.6 Å². The summed E-state index contributed by atoms with van der Waals surface area (Å²) in [5.74, 6) is 1.51. The van der Waals surface area contributed by atoms with Gasteiger partial charge in [-0.15, -0.1) is 0 Å². The highest BCUT2D eigenvalue weighted by Gasteiger charge is 2.12. The molecule has 0 aliphatic rings. The molecule has 2 aromatic rings. The summed E-state index contributed by atoms with van der Waals surface area (Å²) >= 11 is 11.6. The van der Waals surface area contributed by atoms with Gasteiger partial charge in [-0.05, 0) is 67.0 Å². The normalized spacial score (nSPS) is 10.4. The van der Waals surface area contributed by atoms with Gasteiger partial charge in [0.15, 0.2) is 16.6 Å². The van der Waals surface area contributed by atoms with Crippen LogP contribution in [-0.4, -0.2) is 30.3 Å². The Morgan fingerprint density at radius 3 is 2.44 bits per heavy atom. The third-order valence-electron chi connectivity index (χ3n) is 3.94. The van der Waals surface area contributed by atoms with E-state index in [0.29, 0.717) is 23.3 Å². The van der Waals surface area contributed by atoms with Crippen molar-refractivity contribution in [1.29, 1.82) is 0 Å². The molecule has 2 rings (SSSR count). The fraction of sp³-hybridized carbons (Fsp3) is 0.381. The Hall–Kier alpha value is -1.98. The number of nitrogens with zero attached hydrogens (tertiary/aromatic N) is 1. The minimum atomic E-state index is 0.673. The van der Waals surface area contributed by atoms with E-state index in [0.717, 1.165) is 42.1 Å². The lowest BCUT2D eigenvalue weighted by Gasteiger charge is -2.26. The number of benzene rings is 2. The van der Waals surface area contributed by atoms with Gasteiger partial charge in [0, 0.05) is 23.8 Å². The zero-order valence-electron chi connectivity index (χ0n) is 16.1. The maximum Gasteiger partial charge on any atom is 0.173 e. The Labute approximate surface area is 172 Å². The summed E-state index contributed by atoms with van der Waals surface area (Å²) in [6.07, 6.45) is 1.96. The molecule has 2 aromatic carbocycles. The molecular weight excluding hydrogens is 380 g/mol. The van der Waals surface area contributed by atoms with Crippen LogP contribution in [-0.2, 0) is 6.54 Å². The molecule has 0 saturated carbocycles. The molecule has 1 N–H and O–H groups in total. The molecule has 0 aliphatic carbocycles. The van der Waals surface area contributed by atoms with E-state index >= 15 is 0 Å². The number of nitrogens with one attached hydrogen (secondary N) is 1. The number of methoxy groups -OCH3 is 1. The van der Waals surface area contributed by atoms with Crippen LogP contribution in [0.2, 0.25) is 5.02 Å². The van der Waals surface area contributed by atoms with Crippen LogP contribution >= 0.6 is 23.8 Å². The van der Waals surface area contributed by atoms with E-state index in [1.807, 2.05) is 36.4 Å². The predicted molar refractivity (Wildman–Crippen MR) is 117 cm³/mol. The molecule has 0 spiro atoms. The van der Waals surface area contributed by atoms with Gasteiger partial charge in [0.05, 0.1) is 13.7 Å². The highest BCUT2D eigenvalue weighted by atomic mass is 35.5. The molecule has 0 heterocycles. The van der Waals surface area contributed by atoms with Crippen molar-refractivity contribution in [3.8, 4) is 11.5 Å². The zero-order valence-corrected chi connectivity index (χ0v) is 17.7. The van der Waals surface area contributed by atoms with Crippen molar-refractivity contribution in [2.24, 2.45) is 0 Å². The molecule has 0 aliphatic heterocycles. The van der Waals surface area contributed by atoms with Crippen molar-refractivity contribution in [3.05, 3.63) is 53.1 Å². The first-order valence-electron chi connectivity index (χ1n) is 9.18. The molecule has 0 saturated heterocycles. The quantitative estimate of drug-likeness (QED) is 0.536. The highest BCUT2D eigenvalue weighted by Crippen LogP contribution is 2.29. The van der Waals surface area contributed by atoms with Crippen LogP contribution in [0.25, 0.3) is 0 Å². The second-order valence-electron chi connectivity index (χ2n) is 6.19. The summed E-state index contributed by atoms with van der Waals surface area (Å²) in [5, 5.41) is 4.67. The fourth-order valence-electron chi connectivity index (χ4n) is 2.62. The topological polar surface area (TPSA) is 33.7 Å². The molecule has 0 unspecified atom stereocenters. The van der Waals surface area contributed by atoms with Crippen LogP contribution in [0.3, 0.4) is 0 Å². The Morgan fingerprint density at radius 2 is 1.81 bits per heavy atom. The molecule has 0 aromatic heterocycles. The van der Waals surface area contributed by atoms with Crippen molar-refractivity contribution in [1.82, 2.24) is 4.90 Å². The van der Waals surface area contributed by atoms with E-state index < -0.39 is 0 Å². The second kappa shape index (κ2) is 11.0. The summed E-state index contributed by atoms with van der Waals surface area (Å²) < 4.78 is 11.2. The Balaban J connectivity index is 2.09. The summed E-state index contributed by atoms with van der Waals surface area (Å²) in [6.45, 7) is 6.44. The predicted octanol–water partition coefficient (Wildman–Crippen LogP) is 5.75. The van der Waals surface area contributed by atoms with Crippen LogP contribution in [0.15, 0.2) is 42.5 Å². The van der Waals surface area contributed by atoms with Crippen LogP contribution in [0.1, 0.15) is 32.3 Å². The average molecular weight is 407 g/mol. The van der Waals surface area contributed by atoms with Gasteiger partial charge in [-0.2, -0.15) is 0 Å². The minimum absolute atomic E-state index is 0.673. The van der Waals surface area contributed by atoms with Crippen LogP contribution in [0, 0.1) is 0 Å². The number of ether oxygens (including phenoxy) is 2. The lowest BCUT2D eigenvalue weighted by molar-refractivity contribution is 0.293. The third kappa shape index (κ3) is 6.60. The molecule has 4 nitrogen and oxygen atoms in total. The molecule has 0 fully saturated rings. The second-order valence-corrected chi connectivity index (χ2v) is 7.02. The Bertz CT molecular complexity index is 737. The van der Waals surface area contributed by atoms with Crippen molar-refractivity contribution < 1.29 is 9.47 Å². The molecule has 6 heteroatoms. The molecule has 0 atom stereocenters. The van der Waals surface area contributed by atoms with Gasteiger partial charge >= 0.3 is 0 Å². The first-order valence-corrected chi connectivity index (χ1v) is 9.97. The number of hydrogen-bond acceptors (Lipinski definition) is 3. The standard InChI is InChI=1S/C21H27ClN2O2S/c1-4-12-24(21(27)23-18-9-7-17(22)8-10-18)15-16-6-11-19(26-13-5-2)20(14-16)25-3/h6-11,14H,4-5,12-13,15H2,1-3H3,(H,23,27). The zero-order chi connectivity index (χ0) is 19.6. The molecular formula is C21H27ClN2O2S. The van der Waals surface area contributed by atoms with E-state index in [4.69, 9.17) is 33.3 Å². The largest absolute Gasteiger partial charge is 0.493 e. The third-order valence-corrected chi connectivity index (χ3v) is 4.55. The summed E-state index contributed by atoms with van der Waals surface area (Å²) in [5.41, 5.74) is 2.04. The van der Waals surface area contributed by atoms with E-state index in [2.05, 4.69) is 30.1 Å². The molecule has 27 heavy (non-hydrogen) atoms. The van der Waals surface area contributed by atoms with E-state index in [-0.39, 0.29) is 0 Å². The lowest BCUT2D eigenvalue weighted by atomic mass is 10.2. The number of rotatable bonds is 9. The van der Waals surface area contributed by atoms with Gasteiger partial charge in [0.25, 0.3) is 0 Å². The summed E-state index contributed by atoms with van der Waals surface area (Å²) in [6, 6.07) is 13.6. The molecule has 0 bridgehead atoms. The maximum absolute atomic E-state index is 5.95. The van der Waals surface area contributed by atoms with Crippen molar-refractivity contribution in [3.63, 3.8) is 0 Å². The van der Waals surface area contributed by atoms with Crippen molar-refractivity contribution in [2.45, 2.75) is 33.2 Å². The summed E-state index contributed by atoms with van der Waals surface area (Å²) in [7, 11) is 1.66. The van der Waals surface area contributed by atoms with Crippen LogP contribution in [0.5, 0.6) is 11.5 Å². The Kier molecular flexibility index (Phi) is 8.69.